The zero-order valence-electron chi connectivity index (χ0n) is 16.5. The highest BCUT2D eigenvalue weighted by Crippen LogP contribution is 2.33. The van der Waals surface area contributed by atoms with Crippen LogP contribution >= 0.6 is 0 Å². The van der Waals surface area contributed by atoms with Gasteiger partial charge in [-0.3, -0.25) is 4.79 Å². The van der Waals surface area contributed by atoms with E-state index in [0.717, 1.165) is 43.7 Å². The molecule has 1 aromatic heterocycles. The van der Waals surface area contributed by atoms with E-state index in [1.165, 1.54) is 22.3 Å². The van der Waals surface area contributed by atoms with Gasteiger partial charge in [0, 0.05) is 31.4 Å². The van der Waals surface area contributed by atoms with Crippen molar-refractivity contribution < 1.29 is 4.79 Å². The first-order valence-electron chi connectivity index (χ1n) is 10.4. The van der Waals surface area contributed by atoms with Crippen molar-refractivity contribution in [2.45, 2.75) is 38.3 Å². The first kappa shape index (κ1) is 17.9. The van der Waals surface area contributed by atoms with Gasteiger partial charge in [0.2, 0.25) is 5.91 Å². The third-order valence-electron chi connectivity index (χ3n) is 6.20. The lowest BCUT2D eigenvalue weighted by Gasteiger charge is -2.31. The maximum atomic E-state index is 12.9. The molecule has 0 unspecified atom stereocenters. The van der Waals surface area contributed by atoms with Gasteiger partial charge in [-0.15, -0.1) is 0 Å². The second kappa shape index (κ2) is 7.70. The van der Waals surface area contributed by atoms with Gasteiger partial charge in [-0.25, -0.2) is 4.98 Å². The molecule has 5 rings (SSSR count). The summed E-state index contributed by atoms with van der Waals surface area (Å²) in [6, 6.07) is 21.0. The summed E-state index contributed by atoms with van der Waals surface area (Å²) in [5.74, 6) is 1.07. The van der Waals surface area contributed by atoms with E-state index in [4.69, 9.17) is 0 Å². The quantitative estimate of drug-likeness (QED) is 0.741. The zero-order valence-corrected chi connectivity index (χ0v) is 16.5. The molecular weight excluding hydrogens is 358 g/mol. The van der Waals surface area contributed by atoms with Crippen LogP contribution in [0.25, 0.3) is 0 Å². The number of aryl methyl sites for hydroxylation is 1. The maximum absolute atomic E-state index is 12.9. The molecule has 1 amide bonds. The first-order valence-corrected chi connectivity index (χ1v) is 10.4. The summed E-state index contributed by atoms with van der Waals surface area (Å²) in [6.45, 7) is 2.33. The SMILES string of the molecule is O=C(NCc1cccnc1N1CCc2ccccc2C1)[C@@H]1CCc2ccccc21. The number of nitrogens with one attached hydrogen (secondary N) is 1. The number of amides is 1. The van der Waals surface area contributed by atoms with E-state index in [2.05, 4.69) is 63.7 Å². The fraction of sp³-hybridized carbons (Fsp3) is 0.280. The number of benzene rings is 2. The summed E-state index contributed by atoms with van der Waals surface area (Å²) < 4.78 is 0. The Kier molecular flexibility index (Phi) is 4.76. The molecular formula is C25H25N3O. The molecule has 1 atom stereocenters. The Balaban J connectivity index is 1.30. The Morgan fingerprint density at radius 1 is 0.966 bits per heavy atom. The molecule has 0 bridgehead atoms. The highest BCUT2D eigenvalue weighted by atomic mass is 16.1. The van der Waals surface area contributed by atoms with Crippen molar-refractivity contribution in [3.8, 4) is 0 Å². The number of aromatic nitrogens is 1. The molecule has 0 fully saturated rings. The Labute approximate surface area is 171 Å². The molecule has 4 nitrogen and oxygen atoms in total. The molecule has 146 valence electrons. The van der Waals surface area contributed by atoms with E-state index >= 15 is 0 Å². The average molecular weight is 383 g/mol. The van der Waals surface area contributed by atoms with Crippen molar-refractivity contribution in [1.29, 1.82) is 0 Å². The number of carbonyl (C=O) groups excluding carboxylic acids is 1. The highest BCUT2D eigenvalue weighted by molar-refractivity contribution is 5.85. The molecule has 0 radical (unpaired) electrons. The van der Waals surface area contributed by atoms with Gasteiger partial charge in [0.25, 0.3) is 0 Å². The zero-order chi connectivity index (χ0) is 19.6. The molecule has 2 aliphatic rings. The Morgan fingerprint density at radius 2 is 1.76 bits per heavy atom. The van der Waals surface area contributed by atoms with Crippen molar-refractivity contribution >= 4 is 11.7 Å². The number of fused-ring (bicyclic) bond motifs is 2. The van der Waals surface area contributed by atoms with E-state index in [0.29, 0.717) is 6.54 Å². The van der Waals surface area contributed by atoms with Crippen LogP contribution in [0.15, 0.2) is 66.9 Å². The summed E-state index contributed by atoms with van der Waals surface area (Å²) in [5, 5.41) is 3.17. The lowest BCUT2D eigenvalue weighted by molar-refractivity contribution is -0.122. The summed E-state index contributed by atoms with van der Waals surface area (Å²) in [5.41, 5.74) is 6.36. The molecule has 29 heavy (non-hydrogen) atoms. The van der Waals surface area contributed by atoms with Gasteiger partial charge in [-0.2, -0.15) is 0 Å². The minimum absolute atomic E-state index is 0.0341. The standard InChI is InChI=1S/C25H25N3O/c29-25(23-12-11-19-7-3-4-10-22(19)23)27-16-20-9-5-14-26-24(20)28-15-13-18-6-1-2-8-21(18)17-28/h1-10,14,23H,11-13,15-17H2,(H,27,29)/t23-/m1/s1. The summed E-state index contributed by atoms with van der Waals surface area (Å²) in [4.78, 5) is 19.9. The number of anilines is 1. The number of nitrogens with zero attached hydrogens (tertiary/aromatic N) is 2. The topological polar surface area (TPSA) is 45.2 Å². The van der Waals surface area contributed by atoms with Crippen LogP contribution in [0, 0.1) is 0 Å². The van der Waals surface area contributed by atoms with Crippen LogP contribution in [0.1, 0.15) is 40.2 Å². The second-order valence-corrected chi connectivity index (χ2v) is 7.93. The Hall–Kier alpha value is -3.14. The molecule has 3 aromatic rings. The van der Waals surface area contributed by atoms with Crippen LogP contribution < -0.4 is 10.2 Å². The third-order valence-corrected chi connectivity index (χ3v) is 6.20. The van der Waals surface area contributed by atoms with Gasteiger partial charge in [0.1, 0.15) is 5.82 Å². The fourth-order valence-corrected chi connectivity index (χ4v) is 4.66. The van der Waals surface area contributed by atoms with Crippen LogP contribution in [0.4, 0.5) is 5.82 Å². The molecule has 1 aliphatic carbocycles. The van der Waals surface area contributed by atoms with Crippen LogP contribution in [0.2, 0.25) is 0 Å². The van der Waals surface area contributed by atoms with Gasteiger partial charge in [0.15, 0.2) is 0 Å². The lowest BCUT2D eigenvalue weighted by Crippen LogP contribution is -2.33. The normalized spacial score (nSPS) is 17.5. The van der Waals surface area contributed by atoms with E-state index in [1.807, 2.05) is 18.3 Å². The highest BCUT2D eigenvalue weighted by Gasteiger charge is 2.28. The molecule has 4 heteroatoms. The molecule has 0 spiro atoms. The molecule has 2 heterocycles. The summed E-state index contributed by atoms with van der Waals surface area (Å²) in [6.07, 6.45) is 4.75. The van der Waals surface area contributed by atoms with Gasteiger partial charge < -0.3 is 10.2 Å². The number of hydrogen-bond donors (Lipinski definition) is 1. The van der Waals surface area contributed by atoms with Crippen LogP contribution in [0.5, 0.6) is 0 Å². The van der Waals surface area contributed by atoms with Gasteiger partial charge >= 0.3 is 0 Å². The van der Waals surface area contributed by atoms with Crippen LogP contribution in [0.3, 0.4) is 0 Å². The van der Waals surface area contributed by atoms with E-state index in [-0.39, 0.29) is 11.8 Å². The second-order valence-electron chi connectivity index (χ2n) is 7.93. The minimum Gasteiger partial charge on any atom is -0.352 e. The summed E-state index contributed by atoms with van der Waals surface area (Å²) in [7, 11) is 0. The fourth-order valence-electron chi connectivity index (χ4n) is 4.66. The van der Waals surface area contributed by atoms with Gasteiger partial charge in [0.05, 0.1) is 5.92 Å². The summed E-state index contributed by atoms with van der Waals surface area (Å²) >= 11 is 0. The van der Waals surface area contributed by atoms with Crippen molar-refractivity contribution in [1.82, 2.24) is 10.3 Å². The van der Waals surface area contributed by atoms with Crippen LogP contribution in [-0.2, 0) is 30.7 Å². The Morgan fingerprint density at radius 3 is 2.66 bits per heavy atom. The van der Waals surface area contributed by atoms with Crippen molar-refractivity contribution in [3.05, 3.63) is 94.7 Å². The minimum atomic E-state index is -0.0341. The smallest absolute Gasteiger partial charge is 0.227 e. The molecule has 0 saturated heterocycles. The van der Waals surface area contributed by atoms with Crippen molar-refractivity contribution in [2.24, 2.45) is 0 Å². The molecule has 1 N–H and O–H groups in total. The van der Waals surface area contributed by atoms with E-state index in [1.54, 1.807) is 0 Å². The predicted octanol–water partition coefficient (Wildman–Crippen LogP) is 3.99. The molecule has 1 aliphatic heterocycles. The number of pyridine rings is 1. The monoisotopic (exact) mass is 383 g/mol. The molecule has 0 saturated carbocycles. The van der Waals surface area contributed by atoms with Crippen molar-refractivity contribution in [3.63, 3.8) is 0 Å². The number of hydrogen-bond acceptors (Lipinski definition) is 3. The predicted molar refractivity (Wildman–Crippen MR) is 115 cm³/mol. The van der Waals surface area contributed by atoms with E-state index in [9.17, 15) is 4.79 Å². The number of rotatable bonds is 4. The maximum Gasteiger partial charge on any atom is 0.227 e. The third kappa shape index (κ3) is 3.51. The van der Waals surface area contributed by atoms with E-state index < -0.39 is 0 Å². The lowest BCUT2D eigenvalue weighted by atomic mass is 9.99. The van der Waals surface area contributed by atoms with Crippen molar-refractivity contribution in [2.75, 3.05) is 11.4 Å². The van der Waals surface area contributed by atoms with Crippen LogP contribution in [-0.4, -0.2) is 17.4 Å². The molecule has 2 aromatic carbocycles. The van der Waals surface area contributed by atoms with Gasteiger partial charge in [-0.05, 0) is 47.6 Å². The average Bonchev–Trinajstić information content (AvgIpc) is 3.22. The largest absolute Gasteiger partial charge is 0.352 e. The van der Waals surface area contributed by atoms with Gasteiger partial charge in [-0.1, -0.05) is 54.6 Å². The first-order chi connectivity index (χ1) is 14.3. The Bertz CT molecular complexity index is 1050. The number of carbonyl (C=O) groups is 1.